The summed E-state index contributed by atoms with van der Waals surface area (Å²) < 4.78 is 5.53. The second kappa shape index (κ2) is 10.8. The highest BCUT2D eigenvalue weighted by Crippen LogP contribution is 2.44. The van der Waals surface area contributed by atoms with Crippen LogP contribution in [0.5, 0.6) is 0 Å². The number of aliphatic carboxylic acids is 1. The van der Waals surface area contributed by atoms with E-state index in [4.69, 9.17) is 9.84 Å². The molecule has 0 radical (unpaired) electrons. The predicted octanol–water partition coefficient (Wildman–Crippen LogP) is 2.44. The second-order valence-electron chi connectivity index (χ2n) is 8.07. The lowest BCUT2D eigenvalue weighted by molar-refractivity contribution is -0.137. The lowest BCUT2D eigenvalue weighted by Crippen LogP contribution is -2.52. The minimum Gasteiger partial charge on any atom is -0.481 e. The minimum absolute atomic E-state index is 0.0293. The molecular formula is C24H29N3O5. The van der Waals surface area contributed by atoms with Crippen LogP contribution in [0.15, 0.2) is 48.5 Å². The van der Waals surface area contributed by atoms with Crippen molar-refractivity contribution in [3.05, 3.63) is 59.7 Å². The number of nitrogens with zero attached hydrogens (tertiary/aromatic N) is 1. The number of rotatable bonds is 10. The van der Waals surface area contributed by atoms with E-state index in [2.05, 4.69) is 22.8 Å². The largest absolute Gasteiger partial charge is 0.481 e. The van der Waals surface area contributed by atoms with Crippen LogP contribution in [0.1, 0.15) is 29.9 Å². The Kier molecular flexibility index (Phi) is 7.83. The van der Waals surface area contributed by atoms with Crippen LogP contribution in [0, 0.1) is 0 Å². The SMILES string of the molecule is CN(C)C[C@H](NC(=O)OCC1c2ccccc2-c2ccccc21)C(=O)NCCCC(=O)O. The highest BCUT2D eigenvalue weighted by atomic mass is 16.5. The van der Waals surface area contributed by atoms with E-state index >= 15 is 0 Å². The van der Waals surface area contributed by atoms with Gasteiger partial charge in [0.1, 0.15) is 12.6 Å². The van der Waals surface area contributed by atoms with Crippen molar-refractivity contribution in [1.29, 1.82) is 0 Å². The Morgan fingerprint density at radius 2 is 1.62 bits per heavy atom. The number of carboxylic acids is 1. The summed E-state index contributed by atoms with van der Waals surface area (Å²) in [7, 11) is 3.59. The lowest BCUT2D eigenvalue weighted by Gasteiger charge is -2.22. The normalized spacial score (nSPS) is 13.2. The van der Waals surface area contributed by atoms with Gasteiger partial charge in [-0.25, -0.2) is 4.79 Å². The molecule has 0 saturated heterocycles. The Labute approximate surface area is 187 Å². The molecule has 2 aromatic carbocycles. The fourth-order valence-electron chi connectivity index (χ4n) is 3.92. The highest BCUT2D eigenvalue weighted by molar-refractivity contribution is 5.86. The first kappa shape index (κ1) is 23.3. The van der Waals surface area contributed by atoms with Gasteiger partial charge in [-0.3, -0.25) is 9.59 Å². The van der Waals surface area contributed by atoms with Crippen molar-refractivity contribution >= 4 is 18.0 Å². The Morgan fingerprint density at radius 1 is 1.03 bits per heavy atom. The van der Waals surface area contributed by atoms with Gasteiger partial charge in [0, 0.05) is 25.4 Å². The smallest absolute Gasteiger partial charge is 0.407 e. The number of carboxylic acid groups (broad SMARTS) is 1. The number of alkyl carbamates (subject to hydrolysis) is 1. The van der Waals surface area contributed by atoms with Crippen LogP contribution < -0.4 is 10.6 Å². The van der Waals surface area contributed by atoms with Crippen molar-refractivity contribution < 1.29 is 24.2 Å². The fourth-order valence-corrected chi connectivity index (χ4v) is 3.92. The van der Waals surface area contributed by atoms with Gasteiger partial charge in [-0.15, -0.1) is 0 Å². The second-order valence-corrected chi connectivity index (χ2v) is 8.07. The Morgan fingerprint density at radius 3 is 2.19 bits per heavy atom. The summed E-state index contributed by atoms with van der Waals surface area (Å²) in [5.41, 5.74) is 4.51. The third-order valence-corrected chi connectivity index (χ3v) is 5.37. The molecule has 170 valence electrons. The van der Waals surface area contributed by atoms with E-state index in [0.717, 1.165) is 22.3 Å². The average Bonchev–Trinajstić information content (AvgIpc) is 3.08. The molecule has 0 fully saturated rings. The number of hydrogen-bond acceptors (Lipinski definition) is 5. The molecule has 0 aromatic heterocycles. The van der Waals surface area contributed by atoms with Gasteiger partial charge in [-0.1, -0.05) is 48.5 Å². The highest BCUT2D eigenvalue weighted by Gasteiger charge is 2.29. The number of amides is 2. The van der Waals surface area contributed by atoms with Crippen LogP contribution in [-0.2, 0) is 14.3 Å². The van der Waals surface area contributed by atoms with E-state index in [1.807, 2.05) is 36.4 Å². The molecule has 0 saturated carbocycles. The number of fused-ring (bicyclic) bond motifs is 3. The maximum absolute atomic E-state index is 12.5. The Hall–Kier alpha value is -3.39. The van der Waals surface area contributed by atoms with E-state index in [9.17, 15) is 14.4 Å². The molecule has 3 rings (SSSR count). The topological polar surface area (TPSA) is 108 Å². The van der Waals surface area contributed by atoms with E-state index in [0.29, 0.717) is 6.42 Å². The van der Waals surface area contributed by atoms with E-state index in [-0.39, 0.29) is 37.9 Å². The molecule has 1 aliphatic rings. The first-order chi connectivity index (χ1) is 15.4. The predicted molar refractivity (Wildman–Crippen MR) is 120 cm³/mol. The van der Waals surface area contributed by atoms with Crippen LogP contribution in [0.25, 0.3) is 11.1 Å². The molecule has 1 atom stereocenters. The number of likely N-dealkylation sites (N-methyl/N-ethyl adjacent to an activating group) is 1. The number of ether oxygens (including phenoxy) is 1. The van der Waals surface area contributed by atoms with Gasteiger partial charge in [-0.05, 0) is 42.8 Å². The van der Waals surface area contributed by atoms with Gasteiger partial charge in [0.2, 0.25) is 5.91 Å². The van der Waals surface area contributed by atoms with Crippen molar-refractivity contribution in [2.45, 2.75) is 24.8 Å². The molecule has 0 spiro atoms. The first-order valence-corrected chi connectivity index (χ1v) is 10.6. The number of hydrogen-bond donors (Lipinski definition) is 3. The quantitative estimate of drug-likeness (QED) is 0.491. The molecule has 3 N–H and O–H groups in total. The van der Waals surface area contributed by atoms with Crippen LogP contribution in [0.2, 0.25) is 0 Å². The molecule has 0 bridgehead atoms. The fraction of sp³-hybridized carbons (Fsp3) is 0.375. The van der Waals surface area contributed by atoms with Crippen molar-refractivity contribution in [3.8, 4) is 11.1 Å². The zero-order valence-electron chi connectivity index (χ0n) is 18.3. The molecular weight excluding hydrogens is 410 g/mol. The summed E-state index contributed by atoms with van der Waals surface area (Å²) in [6.45, 7) is 0.672. The number of carbonyl (C=O) groups is 3. The van der Waals surface area contributed by atoms with Gasteiger partial charge in [-0.2, -0.15) is 0 Å². The Balaban J connectivity index is 1.59. The summed E-state index contributed by atoms with van der Waals surface area (Å²) in [5.74, 6) is -1.36. The van der Waals surface area contributed by atoms with Gasteiger partial charge in [0.15, 0.2) is 0 Å². The molecule has 32 heavy (non-hydrogen) atoms. The van der Waals surface area contributed by atoms with Gasteiger partial charge in [0.05, 0.1) is 0 Å². The summed E-state index contributed by atoms with van der Waals surface area (Å²) in [6, 6.07) is 15.3. The summed E-state index contributed by atoms with van der Waals surface area (Å²) in [4.78, 5) is 37.4. The molecule has 8 nitrogen and oxygen atoms in total. The Bertz CT molecular complexity index is 930. The van der Waals surface area contributed by atoms with E-state index < -0.39 is 18.1 Å². The molecule has 2 aromatic rings. The third kappa shape index (κ3) is 5.85. The monoisotopic (exact) mass is 439 g/mol. The minimum atomic E-state index is -0.916. The van der Waals surface area contributed by atoms with Crippen molar-refractivity contribution in [2.24, 2.45) is 0 Å². The zero-order chi connectivity index (χ0) is 23.1. The summed E-state index contributed by atoms with van der Waals surface area (Å²) in [6.07, 6.45) is -0.376. The van der Waals surface area contributed by atoms with Crippen molar-refractivity contribution in [2.75, 3.05) is 33.8 Å². The third-order valence-electron chi connectivity index (χ3n) is 5.37. The van der Waals surface area contributed by atoms with E-state index in [1.165, 1.54) is 0 Å². The van der Waals surface area contributed by atoms with Gasteiger partial charge < -0.3 is 25.4 Å². The number of carbonyl (C=O) groups excluding carboxylic acids is 2. The molecule has 1 aliphatic carbocycles. The standard InChI is InChI=1S/C24H29N3O5/c1-27(2)14-21(23(30)25-13-7-12-22(28)29)26-24(31)32-15-20-18-10-5-3-8-16(18)17-9-4-6-11-19(17)20/h3-6,8-11,20-21H,7,12-15H2,1-2H3,(H,25,30)(H,26,31)(H,28,29)/t21-/m0/s1. The molecule has 8 heteroatoms. The van der Waals surface area contributed by atoms with Crippen molar-refractivity contribution in [1.82, 2.24) is 15.5 Å². The number of benzene rings is 2. The molecule has 0 unspecified atom stereocenters. The van der Waals surface area contributed by atoms with Crippen LogP contribution in [0.3, 0.4) is 0 Å². The van der Waals surface area contributed by atoms with Crippen LogP contribution in [0.4, 0.5) is 4.79 Å². The maximum Gasteiger partial charge on any atom is 0.407 e. The van der Waals surface area contributed by atoms with Gasteiger partial charge in [0.25, 0.3) is 0 Å². The average molecular weight is 440 g/mol. The van der Waals surface area contributed by atoms with Crippen LogP contribution >= 0.6 is 0 Å². The molecule has 0 aliphatic heterocycles. The van der Waals surface area contributed by atoms with Crippen LogP contribution in [-0.4, -0.2) is 67.8 Å². The molecule has 2 amide bonds. The summed E-state index contributed by atoms with van der Waals surface area (Å²) in [5, 5.41) is 14.0. The first-order valence-electron chi connectivity index (χ1n) is 10.6. The molecule has 0 heterocycles. The number of nitrogens with one attached hydrogen (secondary N) is 2. The maximum atomic E-state index is 12.5. The lowest BCUT2D eigenvalue weighted by atomic mass is 9.98. The van der Waals surface area contributed by atoms with Gasteiger partial charge >= 0.3 is 12.1 Å². The zero-order valence-corrected chi connectivity index (χ0v) is 18.3. The summed E-state index contributed by atoms with van der Waals surface area (Å²) >= 11 is 0. The van der Waals surface area contributed by atoms with Crippen molar-refractivity contribution in [3.63, 3.8) is 0 Å². The van der Waals surface area contributed by atoms with E-state index in [1.54, 1.807) is 19.0 Å².